The summed E-state index contributed by atoms with van der Waals surface area (Å²) in [5.41, 5.74) is -0.0362. The topological polar surface area (TPSA) is 96.0 Å². The molecular formula is C5H5N3O4. The minimum absolute atomic E-state index is 0.0807. The zero-order chi connectivity index (χ0) is 9.30. The molecule has 0 aromatic heterocycles. The van der Waals surface area contributed by atoms with E-state index in [9.17, 15) is 14.9 Å². The van der Waals surface area contributed by atoms with Gasteiger partial charge in [-0.2, -0.15) is 0 Å². The van der Waals surface area contributed by atoms with Crippen LogP contribution in [0.3, 0.4) is 0 Å². The Kier molecular flexibility index (Phi) is 1.78. The molecule has 7 nitrogen and oxygen atoms in total. The van der Waals surface area contributed by atoms with Crippen molar-refractivity contribution in [2.45, 2.75) is 6.92 Å². The lowest BCUT2D eigenvalue weighted by atomic mass is 10.2. The van der Waals surface area contributed by atoms with E-state index >= 15 is 0 Å². The standard InChI is InChI=1S/C5H5N3O4/c1-3-4(2-9)5(10)7(6-3)8(11)12/h2,9H,1H3. The highest BCUT2D eigenvalue weighted by Gasteiger charge is 2.38. The van der Waals surface area contributed by atoms with Crippen LogP contribution in [-0.4, -0.2) is 26.9 Å². The Morgan fingerprint density at radius 2 is 2.33 bits per heavy atom. The number of aliphatic hydroxyl groups excluding tert-OH is 1. The molecule has 7 heteroatoms. The van der Waals surface area contributed by atoms with Crippen LogP contribution in [0.1, 0.15) is 6.92 Å². The van der Waals surface area contributed by atoms with E-state index < -0.39 is 10.9 Å². The highest BCUT2D eigenvalue weighted by Crippen LogP contribution is 2.13. The molecular weight excluding hydrogens is 166 g/mol. The van der Waals surface area contributed by atoms with E-state index in [2.05, 4.69) is 5.10 Å². The van der Waals surface area contributed by atoms with E-state index in [1.165, 1.54) is 6.92 Å². The molecule has 1 aliphatic rings. The third-order valence-corrected chi connectivity index (χ3v) is 1.33. The van der Waals surface area contributed by atoms with E-state index in [4.69, 9.17) is 5.11 Å². The Morgan fingerprint density at radius 1 is 1.75 bits per heavy atom. The molecule has 0 aromatic rings. The maximum Gasteiger partial charge on any atom is 0.348 e. The van der Waals surface area contributed by atoms with Crippen molar-refractivity contribution in [3.05, 3.63) is 21.9 Å². The fraction of sp³-hybridized carbons (Fsp3) is 0.200. The molecule has 0 aliphatic carbocycles. The van der Waals surface area contributed by atoms with Gasteiger partial charge in [0.1, 0.15) is 5.57 Å². The van der Waals surface area contributed by atoms with Crippen LogP contribution in [0, 0.1) is 10.1 Å². The van der Waals surface area contributed by atoms with Crippen molar-refractivity contribution in [1.82, 2.24) is 5.12 Å². The predicted octanol–water partition coefficient (Wildman–Crippen LogP) is -0.162. The van der Waals surface area contributed by atoms with Crippen LogP contribution < -0.4 is 0 Å². The van der Waals surface area contributed by atoms with E-state index in [-0.39, 0.29) is 16.4 Å². The van der Waals surface area contributed by atoms with Crippen molar-refractivity contribution in [1.29, 1.82) is 0 Å². The summed E-state index contributed by atoms with van der Waals surface area (Å²) in [7, 11) is 0. The first-order valence-corrected chi connectivity index (χ1v) is 2.96. The first-order chi connectivity index (χ1) is 5.57. The number of amides is 1. The molecule has 0 saturated heterocycles. The van der Waals surface area contributed by atoms with Gasteiger partial charge < -0.3 is 15.2 Å². The lowest BCUT2D eigenvalue weighted by Gasteiger charge is -1.98. The lowest BCUT2D eigenvalue weighted by Crippen LogP contribution is -2.27. The summed E-state index contributed by atoms with van der Waals surface area (Å²) in [6, 6.07) is 0. The van der Waals surface area contributed by atoms with Crippen LogP contribution in [0.4, 0.5) is 0 Å². The predicted molar refractivity (Wildman–Crippen MR) is 37.7 cm³/mol. The lowest BCUT2D eigenvalue weighted by molar-refractivity contribution is -0.634. The summed E-state index contributed by atoms with van der Waals surface area (Å²) in [6.45, 7) is 1.39. The van der Waals surface area contributed by atoms with Crippen molar-refractivity contribution >= 4 is 11.6 Å². The minimum Gasteiger partial charge on any atom is -0.515 e. The molecule has 0 fully saturated rings. The molecule has 0 unspecified atom stereocenters. The summed E-state index contributed by atoms with van der Waals surface area (Å²) in [5.74, 6) is -0.931. The maximum atomic E-state index is 10.9. The Hall–Kier alpha value is -1.92. The van der Waals surface area contributed by atoms with Crippen LogP contribution in [-0.2, 0) is 4.79 Å². The van der Waals surface area contributed by atoms with Crippen LogP contribution in [0.15, 0.2) is 16.9 Å². The van der Waals surface area contributed by atoms with E-state index in [0.29, 0.717) is 6.26 Å². The summed E-state index contributed by atoms with van der Waals surface area (Å²) in [4.78, 5) is 21.0. The molecule has 1 rings (SSSR count). The Balaban J connectivity index is 3.04. The second-order valence-corrected chi connectivity index (χ2v) is 2.06. The van der Waals surface area contributed by atoms with Gasteiger partial charge in [0.2, 0.25) is 0 Å². The summed E-state index contributed by atoms with van der Waals surface area (Å²) >= 11 is 0. The second-order valence-electron chi connectivity index (χ2n) is 2.06. The molecule has 0 aromatic carbocycles. The molecule has 0 spiro atoms. The normalized spacial score (nSPS) is 20.1. The average molecular weight is 171 g/mol. The molecule has 12 heavy (non-hydrogen) atoms. The van der Waals surface area contributed by atoms with Gasteiger partial charge in [0.15, 0.2) is 5.71 Å². The monoisotopic (exact) mass is 171 g/mol. The number of hydrazine groups is 1. The van der Waals surface area contributed by atoms with Gasteiger partial charge in [-0.05, 0) is 0 Å². The molecule has 1 amide bonds. The van der Waals surface area contributed by atoms with Crippen LogP contribution in [0.2, 0.25) is 0 Å². The largest absolute Gasteiger partial charge is 0.515 e. The third kappa shape index (κ3) is 1.00. The zero-order valence-electron chi connectivity index (χ0n) is 6.09. The number of carbonyl (C=O) groups is 1. The Labute approximate surface area is 66.7 Å². The van der Waals surface area contributed by atoms with Gasteiger partial charge in [-0.15, -0.1) is 0 Å². The van der Waals surface area contributed by atoms with Crippen molar-refractivity contribution in [2.75, 3.05) is 0 Å². The molecule has 0 bridgehead atoms. The first-order valence-electron chi connectivity index (χ1n) is 2.96. The number of hydrogen-bond donors (Lipinski definition) is 1. The van der Waals surface area contributed by atoms with Gasteiger partial charge >= 0.3 is 5.91 Å². The number of nitrogens with zero attached hydrogens (tertiary/aromatic N) is 3. The Morgan fingerprint density at radius 3 is 2.58 bits per heavy atom. The van der Waals surface area contributed by atoms with E-state index in [1.54, 1.807) is 0 Å². The zero-order valence-corrected chi connectivity index (χ0v) is 6.09. The van der Waals surface area contributed by atoms with Gasteiger partial charge in [-0.1, -0.05) is 0 Å². The maximum absolute atomic E-state index is 10.9. The minimum atomic E-state index is -0.956. The van der Waals surface area contributed by atoms with Gasteiger partial charge in [0.25, 0.3) is 0 Å². The van der Waals surface area contributed by atoms with Crippen molar-refractivity contribution in [2.24, 2.45) is 5.10 Å². The third-order valence-electron chi connectivity index (χ3n) is 1.33. The average Bonchev–Trinajstić information content (AvgIpc) is 2.27. The SMILES string of the molecule is CC1=NN([N+](=O)[O-])C(=O)C1=CO. The van der Waals surface area contributed by atoms with E-state index in [1.807, 2.05) is 0 Å². The van der Waals surface area contributed by atoms with Gasteiger partial charge in [-0.25, -0.2) is 0 Å². The van der Waals surface area contributed by atoms with Crippen LogP contribution in [0.5, 0.6) is 0 Å². The number of hydrogen-bond acceptors (Lipinski definition) is 5. The fourth-order valence-corrected chi connectivity index (χ4v) is 0.763. The highest BCUT2D eigenvalue weighted by molar-refractivity contribution is 6.23. The molecule has 1 N–H and O–H groups in total. The van der Waals surface area contributed by atoms with Gasteiger partial charge in [0, 0.05) is 6.92 Å². The first kappa shape index (κ1) is 8.18. The quantitative estimate of drug-likeness (QED) is 0.256. The van der Waals surface area contributed by atoms with Gasteiger partial charge in [0.05, 0.1) is 21.5 Å². The fourth-order valence-electron chi connectivity index (χ4n) is 0.763. The highest BCUT2D eigenvalue weighted by atomic mass is 16.7. The number of nitro groups is 1. The van der Waals surface area contributed by atoms with Gasteiger partial charge in [-0.3, -0.25) is 4.79 Å². The summed E-state index contributed by atoms with van der Waals surface area (Å²) in [6.07, 6.45) is 0.505. The number of carbonyl (C=O) groups excluding carboxylic acids is 1. The van der Waals surface area contributed by atoms with Crippen molar-refractivity contribution in [3.63, 3.8) is 0 Å². The van der Waals surface area contributed by atoms with Crippen LogP contribution in [0.25, 0.3) is 0 Å². The molecule has 1 heterocycles. The van der Waals surface area contributed by atoms with Crippen LogP contribution >= 0.6 is 0 Å². The molecule has 1 aliphatic heterocycles. The molecule has 0 saturated carbocycles. The molecule has 0 radical (unpaired) electrons. The molecule has 0 atom stereocenters. The van der Waals surface area contributed by atoms with E-state index in [0.717, 1.165) is 0 Å². The smallest absolute Gasteiger partial charge is 0.348 e. The Bertz CT molecular complexity index is 306. The number of aliphatic hydroxyl groups is 1. The number of hydrazone groups is 1. The summed E-state index contributed by atoms with van der Waals surface area (Å²) in [5, 5.41) is 21.0. The van der Waals surface area contributed by atoms with Crippen molar-refractivity contribution in [3.8, 4) is 0 Å². The van der Waals surface area contributed by atoms with Crippen molar-refractivity contribution < 1.29 is 14.9 Å². The molecule has 64 valence electrons. The summed E-state index contributed by atoms with van der Waals surface area (Å²) < 4.78 is 0. The second kappa shape index (κ2) is 2.61. The number of rotatable bonds is 1.